The number of urea groups is 1. The number of aliphatic hydroxyl groups excluding tert-OH is 1. The molecule has 3 unspecified atom stereocenters. The number of hydrogen-bond donors (Lipinski definition) is 2. The van der Waals surface area contributed by atoms with Crippen molar-refractivity contribution in [3.63, 3.8) is 0 Å². The molecule has 5 nitrogen and oxygen atoms in total. The molecule has 0 spiro atoms. The molecule has 1 heterocycles. The van der Waals surface area contributed by atoms with Crippen molar-refractivity contribution < 1.29 is 9.90 Å². The summed E-state index contributed by atoms with van der Waals surface area (Å²) in [7, 11) is 1.80. The second kappa shape index (κ2) is 8.29. The Morgan fingerprint density at radius 2 is 2.26 bits per heavy atom. The largest absolute Gasteiger partial charge is 0.393 e. The molecule has 1 saturated carbocycles. The van der Waals surface area contributed by atoms with Crippen molar-refractivity contribution in [3.8, 4) is 0 Å². The van der Waals surface area contributed by atoms with Gasteiger partial charge in [0.1, 0.15) is 0 Å². The van der Waals surface area contributed by atoms with Crippen LogP contribution in [0.15, 0.2) is 24.5 Å². The molecule has 1 fully saturated rings. The fraction of sp³-hybridized carbons (Fsp3) is 0.667. The highest BCUT2D eigenvalue weighted by molar-refractivity contribution is 5.73. The normalized spacial score (nSPS) is 22.1. The van der Waals surface area contributed by atoms with Crippen molar-refractivity contribution >= 4 is 6.03 Å². The van der Waals surface area contributed by atoms with Crippen LogP contribution in [0.5, 0.6) is 0 Å². The Morgan fingerprint density at radius 1 is 1.48 bits per heavy atom. The molecule has 0 saturated heterocycles. The first-order valence-electron chi connectivity index (χ1n) is 8.56. The quantitative estimate of drug-likeness (QED) is 0.847. The zero-order chi connectivity index (χ0) is 16.8. The maximum absolute atomic E-state index is 12.3. The molecule has 1 aromatic rings. The van der Waals surface area contributed by atoms with Crippen molar-refractivity contribution in [1.82, 2.24) is 15.2 Å². The van der Waals surface area contributed by atoms with E-state index < -0.39 is 0 Å². The van der Waals surface area contributed by atoms with Gasteiger partial charge in [-0.3, -0.25) is 4.98 Å². The van der Waals surface area contributed by atoms with Gasteiger partial charge in [0.2, 0.25) is 0 Å². The van der Waals surface area contributed by atoms with E-state index in [1.54, 1.807) is 18.1 Å². The highest BCUT2D eigenvalue weighted by Crippen LogP contribution is 2.26. The SMILES string of the molecule is CC(C)C(CNC(=O)N(C)CC1CCCC1O)c1cccnc1. The topological polar surface area (TPSA) is 65.5 Å². The smallest absolute Gasteiger partial charge is 0.317 e. The molecular weight excluding hydrogens is 290 g/mol. The number of amides is 2. The van der Waals surface area contributed by atoms with Crippen molar-refractivity contribution in [3.05, 3.63) is 30.1 Å². The number of aromatic nitrogens is 1. The van der Waals surface area contributed by atoms with Gasteiger partial charge in [0.25, 0.3) is 0 Å². The molecule has 23 heavy (non-hydrogen) atoms. The van der Waals surface area contributed by atoms with Gasteiger partial charge < -0.3 is 15.3 Å². The fourth-order valence-corrected chi connectivity index (χ4v) is 3.33. The van der Waals surface area contributed by atoms with Gasteiger partial charge in [-0.05, 0) is 30.4 Å². The Balaban J connectivity index is 1.86. The van der Waals surface area contributed by atoms with Crippen LogP contribution in [0.25, 0.3) is 0 Å². The Hall–Kier alpha value is -1.62. The van der Waals surface area contributed by atoms with Gasteiger partial charge in [-0.15, -0.1) is 0 Å². The van der Waals surface area contributed by atoms with Gasteiger partial charge in [-0.25, -0.2) is 4.79 Å². The number of carbonyl (C=O) groups excluding carboxylic acids is 1. The summed E-state index contributed by atoms with van der Waals surface area (Å²) in [5, 5.41) is 12.9. The number of carbonyl (C=O) groups is 1. The Morgan fingerprint density at radius 3 is 2.83 bits per heavy atom. The van der Waals surface area contributed by atoms with Crippen LogP contribution in [0.2, 0.25) is 0 Å². The van der Waals surface area contributed by atoms with Crippen molar-refractivity contribution in [2.75, 3.05) is 20.1 Å². The van der Waals surface area contributed by atoms with Crippen LogP contribution >= 0.6 is 0 Å². The average molecular weight is 319 g/mol. The van der Waals surface area contributed by atoms with E-state index in [-0.39, 0.29) is 24.0 Å². The summed E-state index contributed by atoms with van der Waals surface area (Å²) < 4.78 is 0. The maximum atomic E-state index is 12.3. The summed E-state index contributed by atoms with van der Waals surface area (Å²) in [6, 6.07) is 3.92. The molecule has 0 aromatic carbocycles. The van der Waals surface area contributed by atoms with E-state index in [2.05, 4.69) is 30.2 Å². The van der Waals surface area contributed by atoms with E-state index in [0.717, 1.165) is 24.8 Å². The third kappa shape index (κ3) is 4.93. The number of nitrogens with one attached hydrogen (secondary N) is 1. The summed E-state index contributed by atoms with van der Waals surface area (Å²) in [5.41, 5.74) is 1.15. The standard InChI is InChI=1S/C18H29N3O2/c1-13(2)16(14-7-5-9-19-10-14)11-20-18(23)21(3)12-15-6-4-8-17(15)22/h5,7,9-10,13,15-17,22H,4,6,8,11-12H2,1-3H3,(H,20,23). The van der Waals surface area contributed by atoms with Crippen molar-refractivity contribution in [1.29, 1.82) is 0 Å². The zero-order valence-electron chi connectivity index (χ0n) is 14.4. The van der Waals surface area contributed by atoms with Crippen LogP contribution in [0.1, 0.15) is 44.6 Å². The van der Waals surface area contributed by atoms with E-state index in [1.165, 1.54) is 0 Å². The average Bonchev–Trinajstić information content (AvgIpc) is 2.93. The first kappa shape index (κ1) is 17.7. The highest BCUT2D eigenvalue weighted by atomic mass is 16.3. The second-order valence-corrected chi connectivity index (χ2v) is 6.96. The minimum atomic E-state index is -0.260. The lowest BCUT2D eigenvalue weighted by Crippen LogP contribution is -2.42. The van der Waals surface area contributed by atoms with E-state index in [4.69, 9.17) is 0 Å². The van der Waals surface area contributed by atoms with Gasteiger partial charge in [-0.2, -0.15) is 0 Å². The summed E-state index contributed by atoms with van der Waals surface area (Å²) >= 11 is 0. The second-order valence-electron chi connectivity index (χ2n) is 6.96. The molecule has 2 amide bonds. The molecule has 128 valence electrons. The van der Waals surface area contributed by atoms with Crippen molar-refractivity contribution in [2.45, 2.75) is 45.1 Å². The first-order valence-corrected chi connectivity index (χ1v) is 8.56. The van der Waals surface area contributed by atoms with E-state index in [1.807, 2.05) is 12.3 Å². The lowest BCUT2D eigenvalue weighted by Gasteiger charge is -2.26. The van der Waals surface area contributed by atoms with Gasteiger partial charge >= 0.3 is 6.03 Å². The molecule has 2 rings (SSSR count). The van der Waals surface area contributed by atoms with E-state index in [9.17, 15) is 9.90 Å². The van der Waals surface area contributed by atoms with Crippen LogP contribution < -0.4 is 5.32 Å². The minimum absolute atomic E-state index is 0.0707. The number of aliphatic hydroxyl groups is 1. The zero-order valence-corrected chi connectivity index (χ0v) is 14.4. The van der Waals surface area contributed by atoms with Gasteiger partial charge in [-0.1, -0.05) is 26.3 Å². The van der Waals surface area contributed by atoms with Gasteiger partial charge in [0, 0.05) is 44.4 Å². The van der Waals surface area contributed by atoms with Gasteiger partial charge in [0.15, 0.2) is 0 Å². The third-order valence-corrected chi connectivity index (χ3v) is 4.86. The van der Waals surface area contributed by atoms with Crippen LogP contribution in [0.4, 0.5) is 4.79 Å². The maximum Gasteiger partial charge on any atom is 0.317 e. The van der Waals surface area contributed by atoms with Crippen LogP contribution in [0, 0.1) is 11.8 Å². The number of pyridine rings is 1. The van der Waals surface area contributed by atoms with E-state index in [0.29, 0.717) is 19.0 Å². The lowest BCUT2D eigenvalue weighted by atomic mass is 9.89. The van der Waals surface area contributed by atoms with Crippen LogP contribution in [-0.4, -0.2) is 47.3 Å². The summed E-state index contributed by atoms with van der Waals surface area (Å²) in [6.45, 7) is 5.52. The third-order valence-electron chi connectivity index (χ3n) is 4.86. The molecule has 1 aliphatic carbocycles. The molecule has 1 aliphatic rings. The monoisotopic (exact) mass is 319 g/mol. The molecule has 5 heteroatoms. The Labute approximate surface area is 139 Å². The molecule has 0 aliphatic heterocycles. The number of hydrogen-bond acceptors (Lipinski definition) is 3. The minimum Gasteiger partial charge on any atom is -0.393 e. The molecule has 3 atom stereocenters. The van der Waals surface area contributed by atoms with Crippen LogP contribution in [-0.2, 0) is 0 Å². The fourth-order valence-electron chi connectivity index (χ4n) is 3.33. The highest BCUT2D eigenvalue weighted by Gasteiger charge is 2.27. The molecule has 0 bridgehead atoms. The number of rotatable bonds is 6. The molecular formula is C18H29N3O2. The molecule has 0 radical (unpaired) electrons. The van der Waals surface area contributed by atoms with E-state index >= 15 is 0 Å². The number of nitrogens with zero attached hydrogens (tertiary/aromatic N) is 2. The predicted octanol–water partition coefficient (Wildman–Crippen LogP) is 2.62. The predicted molar refractivity (Wildman–Crippen MR) is 91.2 cm³/mol. The van der Waals surface area contributed by atoms with Crippen LogP contribution in [0.3, 0.4) is 0 Å². The Kier molecular flexibility index (Phi) is 6.39. The first-order chi connectivity index (χ1) is 11.0. The molecule has 1 aromatic heterocycles. The molecule has 2 N–H and O–H groups in total. The summed E-state index contributed by atoms with van der Waals surface area (Å²) in [4.78, 5) is 18.2. The Bertz CT molecular complexity index is 492. The summed E-state index contributed by atoms with van der Waals surface area (Å²) in [5.74, 6) is 0.879. The summed E-state index contributed by atoms with van der Waals surface area (Å²) in [6.07, 6.45) is 6.29. The lowest BCUT2D eigenvalue weighted by molar-refractivity contribution is 0.114. The van der Waals surface area contributed by atoms with Crippen molar-refractivity contribution in [2.24, 2.45) is 11.8 Å². The van der Waals surface area contributed by atoms with Gasteiger partial charge in [0.05, 0.1) is 6.10 Å².